The molecule has 1 rings (SSSR count). The Balaban J connectivity index is 3.45. The van der Waals surface area contributed by atoms with Gasteiger partial charge in [-0.05, 0) is 13.8 Å². The van der Waals surface area contributed by atoms with Crippen molar-refractivity contribution >= 4 is 0 Å². The van der Waals surface area contributed by atoms with Crippen LogP contribution in [0.1, 0.15) is 11.4 Å². The summed E-state index contributed by atoms with van der Waals surface area (Å²) in [7, 11) is 3.61. The van der Waals surface area contributed by atoms with E-state index in [0.29, 0.717) is 0 Å². The first-order valence-corrected chi connectivity index (χ1v) is 3.86. The van der Waals surface area contributed by atoms with Gasteiger partial charge in [-0.15, -0.1) is 0 Å². The third-order valence-electron chi connectivity index (χ3n) is 1.66. The van der Waals surface area contributed by atoms with Crippen LogP contribution in [0.2, 0.25) is 0 Å². The Morgan fingerprint density at radius 1 is 1.50 bits per heavy atom. The van der Waals surface area contributed by atoms with Crippen LogP contribution in [-0.4, -0.2) is 23.8 Å². The monoisotopic (exact) mass is 166 g/mol. The van der Waals surface area contributed by atoms with Gasteiger partial charge in [-0.1, -0.05) is 0 Å². The van der Waals surface area contributed by atoms with E-state index in [9.17, 15) is 0 Å². The highest BCUT2D eigenvalue weighted by atomic mass is 15.4. The van der Waals surface area contributed by atoms with Crippen molar-refractivity contribution in [2.24, 2.45) is 4.99 Å². The highest BCUT2D eigenvalue weighted by molar-refractivity contribution is 5.02. The first-order chi connectivity index (χ1) is 5.69. The van der Waals surface area contributed by atoms with Crippen LogP contribution in [0.5, 0.6) is 0 Å². The van der Waals surface area contributed by atoms with E-state index in [1.54, 1.807) is 7.05 Å². The van der Waals surface area contributed by atoms with Gasteiger partial charge in [0.05, 0.1) is 11.4 Å². The van der Waals surface area contributed by atoms with Crippen molar-refractivity contribution in [1.82, 2.24) is 9.66 Å². The van der Waals surface area contributed by atoms with Crippen LogP contribution in [0.15, 0.2) is 11.2 Å². The molecule has 0 aliphatic heterocycles. The van der Waals surface area contributed by atoms with Gasteiger partial charge < -0.3 is 5.43 Å². The van der Waals surface area contributed by atoms with Crippen molar-refractivity contribution < 1.29 is 0 Å². The zero-order valence-electron chi connectivity index (χ0n) is 7.92. The van der Waals surface area contributed by atoms with Crippen LogP contribution in [0, 0.1) is 13.8 Å². The van der Waals surface area contributed by atoms with Crippen molar-refractivity contribution in [3.8, 4) is 0 Å². The van der Waals surface area contributed by atoms with Crippen molar-refractivity contribution in [2.45, 2.75) is 13.8 Å². The van der Waals surface area contributed by atoms with Gasteiger partial charge in [0.15, 0.2) is 5.49 Å². The summed E-state index contributed by atoms with van der Waals surface area (Å²) < 4.78 is 1.86. The Bertz CT molecular complexity index is 337. The fourth-order valence-corrected chi connectivity index (χ4v) is 1.21. The third-order valence-corrected chi connectivity index (χ3v) is 1.66. The van der Waals surface area contributed by atoms with E-state index in [1.807, 2.05) is 31.8 Å². The van der Waals surface area contributed by atoms with Gasteiger partial charge in [0.25, 0.3) is 0 Å². The lowest BCUT2D eigenvalue weighted by Gasteiger charge is -2.08. The summed E-state index contributed by atoms with van der Waals surface area (Å²) in [6, 6.07) is 0. The largest absolute Gasteiger partial charge is 0.327 e. The number of nitrogens with zero attached hydrogens (tertiary/aromatic N) is 3. The lowest BCUT2D eigenvalue weighted by atomic mass is 10.4. The molecule has 4 heteroatoms. The Labute approximate surface area is 72.0 Å². The minimum absolute atomic E-state index is 0.864. The van der Waals surface area contributed by atoms with Crippen LogP contribution < -0.4 is 10.9 Å². The summed E-state index contributed by atoms with van der Waals surface area (Å²) in [6.07, 6.45) is 1.91. The summed E-state index contributed by atoms with van der Waals surface area (Å²) >= 11 is 0. The molecule has 0 saturated heterocycles. The Kier molecular flexibility index (Phi) is 2.47. The summed E-state index contributed by atoms with van der Waals surface area (Å²) in [5, 5.41) is 0. The van der Waals surface area contributed by atoms with E-state index in [-0.39, 0.29) is 0 Å². The molecule has 0 atom stereocenters. The maximum Gasteiger partial charge on any atom is 0.167 e. The molecule has 66 valence electrons. The van der Waals surface area contributed by atoms with Gasteiger partial charge in [0.1, 0.15) is 0 Å². The van der Waals surface area contributed by atoms with Crippen molar-refractivity contribution in [2.75, 3.05) is 19.5 Å². The molecular weight excluding hydrogens is 152 g/mol. The van der Waals surface area contributed by atoms with E-state index in [4.69, 9.17) is 0 Å². The Hall–Kier alpha value is -1.32. The zero-order chi connectivity index (χ0) is 9.14. The molecule has 0 amide bonds. The summed E-state index contributed by atoms with van der Waals surface area (Å²) in [5.74, 6) is 0. The number of nitrogens with one attached hydrogen (secondary N) is 1. The molecule has 0 aromatic carbocycles. The predicted octanol–water partition coefficient (Wildman–Crippen LogP) is 0.204. The molecule has 12 heavy (non-hydrogen) atoms. The number of hydrogen-bond donors (Lipinski definition) is 1. The molecule has 0 spiro atoms. The fraction of sp³-hybridized carbons (Fsp3) is 0.500. The summed E-state index contributed by atoms with van der Waals surface area (Å²) in [4.78, 5) is 8.42. The summed E-state index contributed by atoms with van der Waals surface area (Å²) in [5.41, 5.74) is 5.79. The SMILES string of the molecule is C/N=c1/c(C)nc(C)cn1NC. The van der Waals surface area contributed by atoms with Crippen molar-refractivity contribution in [3.63, 3.8) is 0 Å². The second-order valence-electron chi connectivity index (χ2n) is 2.61. The van der Waals surface area contributed by atoms with E-state index in [2.05, 4.69) is 15.4 Å². The molecule has 0 fully saturated rings. The van der Waals surface area contributed by atoms with Crippen LogP contribution in [-0.2, 0) is 0 Å². The van der Waals surface area contributed by atoms with E-state index in [0.717, 1.165) is 16.9 Å². The van der Waals surface area contributed by atoms with Gasteiger partial charge in [-0.3, -0.25) is 9.98 Å². The minimum Gasteiger partial charge on any atom is -0.327 e. The van der Waals surface area contributed by atoms with Gasteiger partial charge >= 0.3 is 0 Å². The second-order valence-corrected chi connectivity index (χ2v) is 2.61. The molecule has 1 aromatic rings. The number of aromatic nitrogens is 2. The fourth-order valence-electron chi connectivity index (χ4n) is 1.21. The third kappa shape index (κ3) is 1.47. The predicted molar refractivity (Wildman–Crippen MR) is 48.5 cm³/mol. The van der Waals surface area contributed by atoms with E-state index in [1.165, 1.54) is 0 Å². The first kappa shape index (κ1) is 8.77. The lowest BCUT2D eigenvalue weighted by Crippen LogP contribution is -2.30. The molecule has 0 saturated carbocycles. The van der Waals surface area contributed by atoms with Crippen LogP contribution in [0.3, 0.4) is 0 Å². The van der Waals surface area contributed by atoms with Crippen LogP contribution in [0.25, 0.3) is 0 Å². The molecule has 4 nitrogen and oxygen atoms in total. The Morgan fingerprint density at radius 3 is 2.67 bits per heavy atom. The molecule has 1 heterocycles. The standard InChI is InChI=1S/C8H14N4/c1-6-5-12(10-4)8(9-3)7(2)11-6/h5,10H,1-4H3/b9-8-. The lowest BCUT2D eigenvalue weighted by molar-refractivity contribution is 0.789. The molecular formula is C8H14N4. The quantitative estimate of drug-likeness (QED) is 0.647. The van der Waals surface area contributed by atoms with E-state index < -0.39 is 0 Å². The van der Waals surface area contributed by atoms with E-state index >= 15 is 0 Å². The van der Waals surface area contributed by atoms with Crippen LogP contribution >= 0.6 is 0 Å². The highest BCUT2D eigenvalue weighted by Crippen LogP contribution is 1.88. The topological polar surface area (TPSA) is 42.2 Å². The smallest absolute Gasteiger partial charge is 0.167 e. The highest BCUT2D eigenvalue weighted by Gasteiger charge is 1.97. The minimum atomic E-state index is 0.864. The molecule has 0 unspecified atom stereocenters. The van der Waals surface area contributed by atoms with Gasteiger partial charge in [-0.2, -0.15) is 0 Å². The maximum atomic E-state index is 4.30. The average Bonchev–Trinajstić information content (AvgIpc) is 2.03. The van der Waals surface area contributed by atoms with Crippen molar-refractivity contribution in [3.05, 3.63) is 23.1 Å². The second kappa shape index (κ2) is 3.38. The Morgan fingerprint density at radius 2 is 2.17 bits per heavy atom. The van der Waals surface area contributed by atoms with Gasteiger partial charge in [-0.25, -0.2) is 4.68 Å². The number of hydrogen-bond acceptors (Lipinski definition) is 3. The first-order valence-electron chi connectivity index (χ1n) is 3.86. The molecule has 0 aliphatic carbocycles. The number of aryl methyl sites for hydroxylation is 2. The average molecular weight is 166 g/mol. The molecule has 0 bridgehead atoms. The van der Waals surface area contributed by atoms with Crippen LogP contribution in [0.4, 0.5) is 0 Å². The molecule has 0 aliphatic rings. The molecule has 1 aromatic heterocycles. The number of rotatable bonds is 1. The van der Waals surface area contributed by atoms with Crippen molar-refractivity contribution in [1.29, 1.82) is 0 Å². The normalized spacial score (nSPS) is 11.8. The zero-order valence-corrected chi connectivity index (χ0v) is 7.92. The maximum absolute atomic E-state index is 4.30. The molecule has 1 N–H and O–H groups in total. The molecule has 0 radical (unpaired) electrons. The summed E-state index contributed by atoms with van der Waals surface area (Å²) in [6.45, 7) is 3.91. The van der Waals surface area contributed by atoms with Gasteiger partial charge in [0.2, 0.25) is 0 Å². The van der Waals surface area contributed by atoms with Gasteiger partial charge in [0, 0.05) is 20.3 Å².